The number of thioether (sulfide) groups is 1. The van der Waals surface area contributed by atoms with Gasteiger partial charge in [-0.2, -0.15) is 10.5 Å². The molecule has 0 saturated heterocycles. The number of esters is 1. The molecule has 0 unspecified atom stereocenters. The van der Waals surface area contributed by atoms with Gasteiger partial charge in [-0.25, -0.2) is 9.78 Å². The van der Waals surface area contributed by atoms with Crippen molar-refractivity contribution in [3.05, 3.63) is 39.4 Å². The Morgan fingerprint density at radius 3 is 2.67 bits per heavy atom. The Morgan fingerprint density at radius 1 is 1.27 bits per heavy atom. The van der Waals surface area contributed by atoms with Crippen LogP contribution in [0, 0.1) is 29.6 Å². The molecule has 2 aromatic heterocycles. The predicted molar refractivity (Wildman–Crippen MR) is 117 cm³/mol. The molecule has 7 nitrogen and oxygen atoms in total. The van der Waals surface area contributed by atoms with Gasteiger partial charge in [-0.1, -0.05) is 13.3 Å². The lowest BCUT2D eigenvalue weighted by molar-refractivity contribution is -0.115. The van der Waals surface area contributed by atoms with Crippen LogP contribution in [0.2, 0.25) is 0 Å². The van der Waals surface area contributed by atoms with Gasteiger partial charge in [-0.05, 0) is 38.0 Å². The fraction of sp³-hybridized carbons (Fsp3) is 0.381. The van der Waals surface area contributed by atoms with Crippen molar-refractivity contribution in [2.24, 2.45) is 0 Å². The molecule has 0 aliphatic heterocycles. The van der Waals surface area contributed by atoms with Crippen LogP contribution in [-0.4, -0.2) is 29.2 Å². The number of aromatic nitrogens is 1. The largest absolute Gasteiger partial charge is 0.462 e. The Balaban J connectivity index is 2.03. The number of ether oxygens (including phenoxy) is 1. The monoisotopic (exact) mass is 442 g/mol. The number of hydrogen-bond acceptors (Lipinski definition) is 8. The van der Waals surface area contributed by atoms with Crippen molar-refractivity contribution in [1.29, 1.82) is 10.5 Å². The van der Waals surface area contributed by atoms with Crippen molar-refractivity contribution in [3.63, 3.8) is 0 Å². The van der Waals surface area contributed by atoms with Crippen LogP contribution in [-0.2, 0) is 16.0 Å². The third-order valence-electron chi connectivity index (χ3n) is 4.08. The van der Waals surface area contributed by atoms with Gasteiger partial charge in [0, 0.05) is 17.9 Å². The summed E-state index contributed by atoms with van der Waals surface area (Å²) in [6, 6.07) is 7.77. The molecule has 2 aromatic rings. The maximum atomic E-state index is 12.4. The maximum Gasteiger partial charge on any atom is 0.348 e. The molecule has 2 rings (SSSR count). The van der Waals surface area contributed by atoms with E-state index in [0.717, 1.165) is 29.9 Å². The molecule has 1 amide bonds. The van der Waals surface area contributed by atoms with Crippen LogP contribution in [0.1, 0.15) is 58.7 Å². The Labute approximate surface area is 184 Å². The molecule has 2 heterocycles. The van der Waals surface area contributed by atoms with Crippen LogP contribution < -0.4 is 5.32 Å². The molecule has 0 spiro atoms. The van der Waals surface area contributed by atoms with E-state index in [2.05, 4.69) is 23.3 Å². The van der Waals surface area contributed by atoms with Crippen molar-refractivity contribution in [1.82, 2.24) is 4.98 Å². The highest BCUT2D eigenvalue weighted by Crippen LogP contribution is 2.33. The van der Waals surface area contributed by atoms with Crippen molar-refractivity contribution >= 4 is 40.0 Å². The summed E-state index contributed by atoms with van der Waals surface area (Å²) in [5.74, 6) is -0.353. The predicted octanol–water partition coefficient (Wildman–Crippen LogP) is 4.44. The highest BCUT2D eigenvalue weighted by molar-refractivity contribution is 7.99. The first-order valence-electron chi connectivity index (χ1n) is 9.48. The fourth-order valence-corrected chi connectivity index (χ4v) is 4.63. The third kappa shape index (κ3) is 5.82. The molecular weight excluding hydrogens is 420 g/mol. The SMILES string of the molecule is CCCc1ccc(C#N)c(SCCC(=O)Nc2sc(C(=O)OCC)c(C)c2C#N)n1. The van der Waals surface area contributed by atoms with E-state index in [1.807, 2.05) is 12.1 Å². The first-order valence-corrected chi connectivity index (χ1v) is 11.3. The second kappa shape index (κ2) is 11.3. The lowest BCUT2D eigenvalue weighted by Gasteiger charge is -2.06. The molecule has 0 aromatic carbocycles. The maximum absolute atomic E-state index is 12.4. The van der Waals surface area contributed by atoms with Crippen LogP contribution in [0.25, 0.3) is 0 Å². The van der Waals surface area contributed by atoms with Gasteiger partial charge in [-0.15, -0.1) is 23.1 Å². The lowest BCUT2D eigenvalue weighted by Crippen LogP contribution is -2.12. The molecule has 0 saturated carbocycles. The van der Waals surface area contributed by atoms with Crippen LogP contribution in [0.3, 0.4) is 0 Å². The smallest absolute Gasteiger partial charge is 0.348 e. The van der Waals surface area contributed by atoms with Crippen molar-refractivity contribution in [2.45, 2.75) is 45.1 Å². The van der Waals surface area contributed by atoms with Gasteiger partial charge in [0.2, 0.25) is 5.91 Å². The zero-order valence-electron chi connectivity index (χ0n) is 17.1. The number of carbonyl (C=O) groups excluding carboxylic acids is 2. The zero-order chi connectivity index (χ0) is 22.1. The minimum absolute atomic E-state index is 0.172. The van der Waals surface area contributed by atoms with Gasteiger partial charge in [-0.3, -0.25) is 4.79 Å². The van der Waals surface area contributed by atoms with E-state index >= 15 is 0 Å². The summed E-state index contributed by atoms with van der Waals surface area (Å²) in [5, 5.41) is 22.3. The summed E-state index contributed by atoms with van der Waals surface area (Å²) >= 11 is 2.39. The first kappa shape index (κ1) is 23.4. The van der Waals surface area contributed by atoms with Gasteiger partial charge in [0.05, 0.1) is 17.7 Å². The highest BCUT2D eigenvalue weighted by Gasteiger charge is 2.22. The van der Waals surface area contributed by atoms with Gasteiger partial charge in [0.15, 0.2) is 0 Å². The average Bonchev–Trinajstić information content (AvgIpc) is 3.03. The van der Waals surface area contributed by atoms with E-state index in [9.17, 15) is 20.1 Å². The Morgan fingerprint density at radius 2 is 2.03 bits per heavy atom. The van der Waals surface area contributed by atoms with Gasteiger partial charge >= 0.3 is 5.97 Å². The Bertz CT molecular complexity index is 1020. The summed E-state index contributed by atoms with van der Waals surface area (Å²) in [6.07, 6.45) is 1.96. The summed E-state index contributed by atoms with van der Waals surface area (Å²) in [4.78, 5) is 29.2. The number of aryl methyl sites for hydroxylation is 1. The molecule has 156 valence electrons. The second-order valence-electron chi connectivity index (χ2n) is 6.26. The number of anilines is 1. The fourth-order valence-electron chi connectivity index (χ4n) is 2.63. The van der Waals surface area contributed by atoms with Gasteiger partial charge < -0.3 is 10.1 Å². The second-order valence-corrected chi connectivity index (χ2v) is 8.36. The minimum atomic E-state index is -0.505. The quantitative estimate of drug-likeness (QED) is 0.450. The average molecular weight is 443 g/mol. The molecule has 9 heteroatoms. The van der Waals surface area contributed by atoms with E-state index in [-0.39, 0.29) is 24.5 Å². The zero-order valence-corrected chi connectivity index (χ0v) is 18.7. The molecule has 0 radical (unpaired) electrons. The molecule has 30 heavy (non-hydrogen) atoms. The van der Waals surface area contributed by atoms with E-state index in [1.165, 1.54) is 11.8 Å². The third-order valence-corrected chi connectivity index (χ3v) is 6.26. The number of hydrogen-bond donors (Lipinski definition) is 1. The molecule has 0 fully saturated rings. The number of nitrogens with zero attached hydrogens (tertiary/aromatic N) is 3. The highest BCUT2D eigenvalue weighted by atomic mass is 32.2. The van der Waals surface area contributed by atoms with Crippen LogP contribution in [0.15, 0.2) is 17.2 Å². The lowest BCUT2D eigenvalue weighted by atomic mass is 10.2. The van der Waals surface area contributed by atoms with E-state index < -0.39 is 5.97 Å². The number of amides is 1. The van der Waals surface area contributed by atoms with E-state index in [4.69, 9.17) is 4.74 Å². The van der Waals surface area contributed by atoms with Crippen molar-refractivity contribution in [2.75, 3.05) is 17.7 Å². The number of nitriles is 2. The molecule has 1 N–H and O–H groups in total. The first-order chi connectivity index (χ1) is 14.4. The molecule has 0 aliphatic rings. The van der Waals surface area contributed by atoms with Crippen LogP contribution >= 0.6 is 23.1 Å². The van der Waals surface area contributed by atoms with Crippen molar-refractivity contribution in [3.8, 4) is 12.1 Å². The Kier molecular flexibility index (Phi) is 8.85. The van der Waals surface area contributed by atoms with Crippen LogP contribution in [0.4, 0.5) is 5.00 Å². The summed E-state index contributed by atoms with van der Waals surface area (Å²) in [7, 11) is 0. The normalized spacial score (nSPS) is 10.2. The summed E-state index contributed by atoms with van der Waals surface area (Å²) in [6.45, 7) is 5.66. The standard InChI is InChI=1S/C21H22N4O3S2/c1-4-6-15-8-7-14(11-22)19(24-15)29-10-9-17(26)25-20-16(12-23)13(3)18(30-20)21(27)28-5-2/h7-8H,4-6,9-10H2,1-3H3,(H,25,26). The number of rotatable bonds is 9. The van der Waals surface area contributed by atoms with E-state index in [1.54, 1.807) is 19.9 Å². The number of pyridine rings is 1. The van der Waals surface area contributed by atoms with E-state index in [0.29, 0.717) is 31.8 Å². The molecule has 0 atom stereocenters. The minimum Gasteiger partial charge on any atom is -0.462 e. The topological polar surface area (TPSA) is 116 Å². The molecule has 0 aliphatic carbocycles. The van der Waals surface area contributed by atoms with Gasteiger partial charge in [0.1, 0.15) is 27.0 Å². The summed E-state index contributed by atoms with van der Waals surface area (Å²) < 4.78 is 5.00. The Hall–Kier alpha value is -2.88. The molecular formula is C21H22N4O3S2. The number of thiophene rings is 1. The van der Waals surface area contributed by atoms with Crippen LogP contribution in [0.5, 0.6) is 0 Å². The molecule has 0 bridgehead atoms. The number of nitrogens with one attached hydrogen (secondary N) is 1. The van der Waals surface area contributed by atoms with Gasteiger partial charge in [0.25, 0.3) is 0 Å². The number of carbonyl (C=O) groups is 2. The van der Waals surface area contributed by atoms with Crippen molar-refractivity contribution < 1.29 is 14.3 Å². The summed E-state index contributed by atoms with van der Waals surface area (Å²) in [5.41, 5.74) is 2.17.